The van der Waals surface area contributed by atoms with Gasteiger partial charge in [0, 0.05) is 8.81 Å². The van der Waals surface area contributed by atoms with E-state index in [1.54, 1.807) is 24.3 Å². The van der Waals surface area contributed by atoms with Crippen molar-refractivity contribution in [1.29, 1.82) is 0 Å². The molecule has 0 aliphatic heterocycles. The maximum atomic E-state index is 10.8. The molecule has 0 aliphatic carbocycles. The van der Waals surface area contributed by atoms with Gasteiger partial charge in [-0.3, -0.25) is 0 Å². The molecule has 0 bridgehead atoms. The minimum Gasteiger partial charge on any atom is -0.478 e. The van der Waals surface area contributed by atoms with Crippen molar-refractivity contribution in [2.45, 2.75) is 5.66 Å². The first-order valence-electron chi connectivity index (χ1n) is 6.09. The molecule has 0 radical (unpaired) electrons. The summed E-state index contributed by atoms with van der Waals surface area (Å²) in [7, 11) is -0.408. The molecule has 21 heavy (non-hydrogen) atoms. The number of carboxylic acid groups (broad SMARTS) is 2. The SMILES string of the molecule is O=C(O)c1ccc(C(PO)c2ccc(C(=O)O)cc2)cc1. The van der Waals surface area contributed by atoms with E-state index in [1.165, 1.54) is 24.3 Å². The van der Waals surface area contributed by atoms with Crippen LogP contribution in [0.4, 0.5) is 0 Å². The number of carbonyl (C=O) groups is 2. The first-order chi connectivity index (χ1) is 10.0. The zero-order chi connectivity index (χ0) is 15.4. The highest BCUT2D eigenvalue weighted by Gasteiger charge is 2.15. The van der Waals surface area contributed by atoms with Gasteiger partial charge in [-0.05, 0) is 35.4 Å². The number of hydrogen-bond donors (Lipinski definition) is 3. The van der Waals surface area contributed by atoms with Gasteiger partial charge in [0.05, 0.1) is 16.8 Å². The Kier molecular flexibility index (Phi) is 4.68. The van der Waals surface area contributed by atoms with E-state index < -0.39 is 20.7 Å². The van der Waals surface area contributed by atoms with Crippen molar-refractivity contribution in [3.63, 3.8) is 0 Å². The van der Waals surface area contributed by atoms with Crippen molar-refractivity contribution in [2.24, 2.45) is 0 Å². The largest absolute Gasteiger partial charge is 0.478 e. The van der Waals surface area contributed by atoms with E-state index in [2.05, 4.69) is 0 Å². The summed E-state index contributed by atoms with van der Waals surface area (Å²) in [5.74, 6) is -2.01. The second-order valence-electron chi connectivity index (χ2n) is 4.42. The molecule has 3 N–H and O–H groups in total. The van der Waals surface area contributed by atoms with Gasteiger partial charge in [-0.25, -0.2) is 9.59 Å². The van der Waals surface area contributed by atoms with Crippen LogP contribution in [0, 0.1) is 0 Å². The van der Waals surface area contributed by atoms with Gasteiger partial charge in [-0.15, -0.1) is 0 Å². The molecule has 0 aliphatic rings. The molecule has 6 heteroatoms. The standard InChI is InChI=1S/C15H13O5P/c16-14(17)11-5-1-9(2-6-11)13(21-20)10-3-7-12(8-4-10)15(18)19/h1-8,13,20-21H,(H,16,17)(H,18,19). The van der Waals surface area contributed by atoms with Gasteiger partial charge in [0.1, 0.15) is 0 Å². The van der Waals surface area contributed by atoms with Crippen molar-refractivity contribution >= 4 is 20.7 Å². The predicted octanol–water partition coefficient (Wildman–Crippen LogP) is 2.76. The summed E-state index contributed by atoms with van der Waals surface area (Å²) < 4.78 is 0. The Hall–Kier alpha value is -2.23. The minimum absolute atomic E-state index is 0.181. The van der Waals surface area contributed by atoms with E-state index >= 15 is 0 Å². The molecular weight excluding hydrogens is 291 g/mol. The van der Waals surface area contributed by atoms with Gasteiger partial charge in [-0.2, -0.15) is 0 Å². The Balaban J connectivity index is 2.30. The normalized spacial score (nSPS) is 11.1. The Labute approximate surface area is 122 Å². The third-order valence-electron chi connectivity index (χ3n) is 3.11. The number of rotatable bonds is 5. The molecule has 2 aromatic rings. The maximum absolute atomic E-state index is 10.8. The predicted molar refractivity (Wildman–Crippen MR) is 79.2 cm³/mol. The van der Waals surface area contributed by atoms with Crippen LogP contribution in [0.25, 0.3) is 0 Å². The van der Waals surface area contributed by atoms with Crippen LogP contribution < -0.4 is 0 Å². The van der Waals surface area contributed by atoms with E-state index in [0.29, 0.717) is 0 Å². The Bertz CT molecular complexity index is 591. The van der Waals surface area contributed by atoms with Crippen molar-refractivity contribution in [3.05, 3.63) is 70.8 Å². The molecule has 0 spiro atoms. The molecule has 1 unspecified atom stereocenters. The monoisotopic (exact) mass is 304 g/mol. The van der Waals surface area contributed by atoms with Crippen molar-refractivity contribution in [3.8, 4) is 0 Å². The van der Waals surface area contributed by atoms with Crippen LogP contribution in [0.2, 0.25) is 0 Å². The molecule has 0 aromatic heterocycles. The lowest BCUT2D eigenvalue weighted by molar-refractivity contribution is 0.0686. The van der Waals surface area contributed by atoms with Gasteiger partial charge < -0.3 is 15.1 Å². The zero-order valence-electron chi connectivity index (χ0n) is 10.9. The highest BCUT2D eigenvalue weighted by atomic mass is 31.1. The first kappa shape index (κ1) is 15.2. The lowest BCUT2D eigenvalue weighted by atomic mass is 10.0. The Morgan fingerprint density at radius 2 is 1.10 bits per heavy atom. The molecule has 0 saturated carbocycles. The topological polar surface area (TPSA) is 94.8 Å². The number of hydrogen-bond acceptors (Lipinski definition) is 3. The van der Waals surface area contributed by atoms with Gasteiger partial charge in [0.15, 0.2) is 0 Å². The van der Waals surface area contributed by atoms with E-state index in [-0.39, 0.29) is 16.8 Å². The minimum atomic E-state index is -1.00. The molecule has 108 valence electrons. The third kappa shape index (κ3) is 3.45. The van der Waals surface area contributed by atoms with Crippen LogP contribution in [-0.4, -0.2) is 27.0 Å². The van der Waals surface area contributed by atoms with Crippen LogP contribution in [-0.2, 0) is 0 Å². The molecule has 1 atom stereocenters. The van der Waals surface area contributed by atoms with Crippen LogP contribution in [0.3, 0.4) is 0 Å². The Morgan fingerprint density at radius 3 is 1.33 bits per heavy atom. The highest BCUT2D eigenvalue weighted by molar-refractivity contribution is 7.32. The fourth-order valence-electron chi connectivity index (χ4n) is 1.98. The molecule has 2 aromatic carbocycles. The number of benzene rings is 2. The van der Waals surface area contributed by atoms with Crippen LogP contribution in [0.5, 0.6) is 0 Å². The van der Waals surface area contributed by atoms with E-state index in [0.717, 1.165) is 11.1 Å². The summed E-state index contributed by atoms with van der Waals surface area (Å²) in [4.78, 5) is 31.2. The maximum Gasteiger partial charge on any atom is 0.335 e. The highest BCUT2D eigenvalue weighted by Crippen LogP contribution is 2.38. The molecule has 0 saturated heterocycles. The first-order valence-corrected chi connectivity index (χ1v) is 7.11. The van der Waals surface area contributed by atoms with E-state index in [9.17, 15) is 14.5 Å². The fourth-order valence-corrected chi connectivity index (χ4v) is 2.66. The molecule has 5 nitrogen and oxygen atoms in total. The molecule has 0 amide bonds. The van der Waals surface area contributed by atoms with Gasteiger partial charge in [0.25, 0.3) is 0 Å². The zero-order valence-corrected chi connectivity index (χ0v) is 11.9. The second kappa shape index (κ2) is 6.48. The average Bonchev–Trinajstić information content (AvgIpc) is 2.49. The van der Waals surface area contributed by atoms with Gasteiger partial charge >= 0.3 is 11.9 Å². The Morgan fingerprint density at radius 1 is 0.762 bits per heavy atom. The van der Waals surface area contributed by atoms with Gasteiger partial charge in [-0.1, -0.05) is 24.3 Å². The summed E-state index contributed by atoms with van der Waals surface area (Å²) in [6, 6.07) is 12.6. The van der Waals surface area contributed by atoms with E-state index in [1.807, 2.05) is 0 Å². The molecule has 2 rings (SSSR count). The van der Waals surface area contributed by atoms with Gasteiger partial charge in [0.2, 0.25) is 0 Å². The lowest BCUT2D eigenvalue weighted by Crippen LogP contribution is -2.00. The quantitative estimate of drug-likeness (QED) is 0.738. The second-order valence-corrected chi connectivity index (χ2v) is 5.25. The summed E-state index contributed by atoms with van der Waals surface area (Å²) in [5.41, 5.74) is 1.63. The summed E-state index contributed by atoms with van der Waals surface area (Å²) in [6.45, 7) is 0. The van der Waals surface area contributed by atoms with Crippen LogP contribution in [0.15, 0.2) is 48.5 Å². The van der Waals surface area contributed by atoms with Crippen LogP contribution in [0.1, 0.15) is 37.5 Å². The fraction of sp³-hybridized carbons (Fsp3) is 0.0667. The van der Waals surface area contributed by atoms with E-state index in [4.69, 9.17) is 10.2 Å². The van der Waals surface area contributed by atoms with Crippen molar-refractivity contribution < 1.29 is 24.7 Å². The smallest absolute Gasteiger partial charge is 0.335 e. The summed E-state index contributed by atoms with van der Waals surface area (Å²) in [5, 5.41) is 17.7. The molecule has 0 fully saturated rings. The summed E-state index contributed by atoms with van der Waals surface area (Å²) >= 11 is 0. The van der Waals surface area contributed by atoms with Crippen molar-refractivity contribution in [2.75, 3.05) is 0 Å². The number of aromatic carboxylic acids is 2. The lowest BCUT2D eigenvalue weighted by Gasteiger charge is -2.15. The van der Waals surface area contributed by atoms with Crippen LogP contribution >= 0.6 is 8.81 Å². The van der Waals surface area contributed by atoms with Crippen molar-refractivity contribution in [1.82, 2.24) is 0 Å². The summed E-state index contributed by atoms with van der Waals surface area (Å²) in [6.07, 6.45) is 0. The average molecular weight is 304 g/mol. The molecular formula is C15H13O5P. The number of carboxylic acids is 2. The third-order valence-corrected chi connectivity index (χ3v) is 4.04. The molecule has 0 heterocycles.